The third-order valence-electron chi connectivity index (χ3n) is 3.38. The first-order valence-electron chi connectivity index (χ1n) is 6.16. The number of carbonyl (C=O) groups is 1. The van der Waals surface area contributed by atoms with Crippen LogP contribution in [0.1, 0.15) is 29.6 Å². The standard InChI is InChI=1S/C13H19N3O/c1-16-10-2-3-12(16)6-9-15-13(17)11-4-7-14-8-5-11/h4-5,7-8,12H,2-3,6,9-10H2,1H3,(H,15,17). The molecule has 1 amide bonds. The van der Waals surface area contributed by atoms with E-state index < -0.39 is 0 Å². The van der Waals surface area contributed by atoms with E-state index in [1.807, 2.05) is 0 Å². The summed E-state index contributed by atoms with van der Waals surface area (Å²) in [6.07, 6.45) is 6.84. The van der Waals surface area contributed by atoms with Crippen LogP contribution in [0.25, 0.3) is 0 Å². The summed E-state index contributed by atoms with van der Waals surface area (Å²) in [7, 11) is 2.16. The number of amides is 1. The van der Waals surface area contributed by atoms with Gasteiger partial charge in [0.2, 0.25) is 0 Å². The molecule has 0 aromatic carbocycles. The predicted molar refractivity (Wildman–Crippen MR) is 66.8 cm³/mol. The minimum atomic E-state index is -0.00644. The van der Waals surface area contributed by atoms with Crippen LogP contribution >= 0.6 is 0 Å². The lowest BCUT2D eigenvalue weighted by Crippen LogP contribution is -2.31. The van der Waals surface area contributed by atoms with Gasteiger partial charge in [-0.15, -0.1) is 0 Å². The Balaban J connectivity index is 1.74. The van der Waals surface area contributed by atoms with E-state index in [1.54, 1.807) is 24.5 Å². The minimum absolute atomic E-state index is 0.00644. The van der Waals surface area contributed by atoms with Crippen molar-refractivity contribution < 1.29 is 4.79 Å². The van der Waals surface area contributed by atoms with Crippen LogP contribution in [0.4, 0.5) is 0 Å². The second-order valence-electron chi connectivity index (χ2n) is 4.56. The second-order valence-corrected chi connectivity index (χ2v) is 4.56. The van der Waals surface area contributed by atoms with Crippen LogP contribution in [0.15, 0.2) is 24.5 Å². The number of nitrogens with one attached hydrogen (secondary N) is 1. The van der Waals surface area contributed by atoms with Crippen LogP contribution in [-0.4, -0.2) is 42.0 Å². The molecule has 0 bridgehead atoms. The third-order valence-corrected chi connectivity index (χ3v) is 3.38. The van der Waals surface area contributed by atoms with E-state index in [0.717, 1.165) is 13.0 Å². The van der Waals surface area contributed by atoms with E-state index in [-0.39, 0.29) is 5.91 Å². The van der Waals surface area contributed by atoms with Crippen molar-refractivity contribution in [2.45, 2.75) is 25.3 Å². The maximum absolute atomic E-state index is 11.7. The van der Waals surface area contributed by atoms with Crippen LogP contribution in [0.5, 0.6) is 0 Å². The Hall–Kier alpha value is -1.42. The molecule has 4 nitrogen and oxygen atoms in total. The van der Waals surface area contributed by atoms with Crippen molar-refractivity contribution in [2.24, 2.45) is 0 Å². The van der Waals surface area contributed by atoms with Crippen molar-refractivity contribution in [1.29, 1.82) is 0 Å². The number of rotatable bonds is 4. The van der Waals surface area contributed by atoms with Gasteiger partial charge in [-0.3, -0.25) is 9.78 Å². The van der Waals surface area contributed by atoms with Gasteiger partial charge < -0.3 is 10.2 Å². The number of nitrogens with zero attached hydrogens (tertiary/aromatic N) is 2. The molecule has 1 N–H and O–H groups in total. The molecule has 1 aromatic heterocycles. The molecule has 1 aromatic rings. The zero-order valence-electron chi connectivity index (χ0n) is 10.2. The van der Waals surface area contributed by atoms with E-state index in [4.69, 9.17) is 0 Å². The van der Waals surface area contributed by atoms with E-state index >= 15 is 0 Å². The van der Waals surface area contributed by atoms with Gasteiger partial charge in [-0.25, -0.2) is 0 Å². The number of carbonyl (C=O) groups excluding carboxylic acids is 1. The van der Waals surface area contributed by atoms with Crippen molar-refractivity contribution in [3.8, 4) is 0 Å². The van der Waals surface area contributed by atoms with Crippen LogP contribution in [-0.2, 0) is 0 Å². The molecule has 92 valence electrons. The van der Waals surface area contributed by atoms with Crippen molar-refractivity contribution in [3.05, 3.63) is 30.1 Å². The van der Waals surface area contributed by atoms with E-state index in [2.05, 4.69) is 22.2 Å². The quantitative estimate of drug-likeness (QED) is 0.852. The normalized spacial score (nSPS) is 20.4. The van der Waals surface area contributed by atoms with E-state index in [1.165, 1.54) is 19.4 Å². The lowest BCUT2D eigenvalue weighted by molar-refractivity contribution is 0.0950. The largest absolute Gasteiger partial charge is 0.352 e. The first-order valence-corrected chi connectivity index (χ1v) is 6.16. The average molecular weight is 233 g/mol. The van der Waals surface area contributed by atoms with Gasteiger partial charge in [0.15, 0.2) is 0 Å². The van der Waals surface area contributed by atoms with Crippen LogP contribution in [0, 0.1) is 0 Å². The molecule has 1 unspecified atom stereocenters. The van der Waals surface area contributed by atoms with Gasteiger partial charge in [0, 0.05) is 30.5 Å². The fourth-order valence-electron chi connectivity index (χ4n) is 2.30. The Kier molecular flexibility index (Phi) is 4.09. The Bertz CT molecular complexity index is 366. The molecule has 1 saturated heterocycles. The van der Waals surface area contributed by atoms with Gasteiger partial charge in [0.05, 0.1) is 0 Å². The smallest absolute Gasteiger partial charge is 0.251 e. The maximum Gasteiger partial charge on any atom is 0.251 e. The highest BCUT2D eigenvalue weighted by Gasteiger charge is 2.20. The molecule has 0 radical (unpaired) electrons. The highest BCUT2D eigenvalue weighted by Crippen LogP contribution is 2.16. The van der Waals surface area contributed by atoms with Crippen LogP contribution < -0.4 is 5.32 Å². The lowest BCUT2D eigenvalue weighted by atomic mass is 10.1. The molecule has 4 heteroatoms. The Morgan fingerprint density at radius 3 is 2.94 bits per heavy atom. The monoisotopic (exact) mass is 233 g/mol. The minimum Gasteiger partial charge on any atom is -0.352 e. The Morgan fingerprint density at radius 2 is 2.29 bits per heavy atom. The van der Waals surface area contributed by atoms with E-state index in [0.29, 0.717) is 11.6 Å². The fraction of sp³-hybridized carbons (Fsp3) is 0.538. The summed E-state index contributed by atoms with van der Waals surface area (Å²) in [4.78, 5) is 18.0. The summed E-state index contributed by atoms with van der Waals surface area (Å²) in [5, 5.41) is 2.95. The van der Waals surface area contributed by atoms with Crippen molar-refractivity contribution in [1.82, 2.24) is 15.2 Å². The van der Waals surface area contributed by atoms with Crippen molar-refractivity contribution in [2.75, 3.05) is 20.1 Å². The van der Waals surface area contributed by atoms with Gasteiger partial charge >= 0.3 is 0 Å². The number of hydrogen-bond acceptors (Lipinski definition) is 3. The Labute approximate surface area is 102 Å². The molecular weight excluding hydrogens is 214 g/mol. The zero-order valence-corrected chi connectivity index (χ0v) is 10.2. The van der Waals surface area contributed by atoms with Gasteiger partial charge in [-0.2, -0.15) is 0 Å². The molecule has 0 spiro atoms. The summed E-state index contributed by atoms with van der Waals surface area (Å²) >= 11 is 0. The molecule has 17 heavy (non-hydrogen) atoms. The second kappa shape index (κ2) is 5.77. The first-order chi connectivity index (χ1) is 8.27. The fourth-order valence-corrected chi connectivity index (χ4v) is 2.30. The SMILES string of the molecule is CN1CCCC1CCNC(=O)c1ccncc1. The van der Waals surface area contributed by atoms with Crippen LogP contribution in [0.2, 0.25) is 0 Å². The lowest BCUT2D eigenvalue weighted by Gasteiger charge is -2.19. The number of pyridine rings is 1. The molecule has 1 atom stereocenters. The molecule has 1 aliphatic heterocycles. The summed E-state index contributed by atoms with van der Waals surface area (Å²) in [6, 6.07) is 4.10. The molecule has 1 fully saturated rings. The number of hydrogen-bond donors (Lipinski definition) is 1. The highest BCUT2D eigenvalue weighted by atomic mass is 16.1. The summed E-state index contributed by atoms with van der Waals surface area (Å²) in [6.45, 7) is 1.93. The molecule has 0 saturated carbocycles. The molecular formula is C13H19N3O. The summed E-state index contributed by atoms with van der Waals surface area (Å²) in [5.74, 6) is -0.00644. The third kappa shape index (κ3) is 3.27. The van der Waals surface area contributed by atoms with Gasteiger partial charge in [0.1, 0.15) is 0 Å². The molecule has 2 heterocycles. The van der Waals surface area contributed by atoms with Crippen molar-refractivity contribution in [3.63, 3.8) is 0 Å². The number of aromatic nitrogens is 1. The Morgan fingerprint density at radius 1 is 1.53 bits per heavy atom. The summed E-state index contributed by atoms with van der Waals surface area (Å²) < 4.78 is 0. The predicted octanol–water partition coefficient (Wildman–Crippen LogP) is 1.30. The van der Waals surface area contributed by atoms with Gasteiger partial charge in [-0.1, -0.05) is 0 Å². The zero-order chi connectivity index (χ0) is 12.1. The topological polar surface area (TPSA) is 45.2 Å². The highest BCUT2D eigenvalue weighted by molar-refractivity contribution is 5.93. The summed E-state index contributed by atoms with van der Waals surface area (Å²) in [5.41, 5.74) is 0.680. The van der Waals surface area contributed by atoms with Gasteiger partial charge in [-0.05, 0) is 45.0 Å². The average Bonchev–Trinajstić information content (AvgIpc) is 2.76. The van der Waals surface area contributed by atoms with Crippen LogP contribution in [0.3, 0.4) is 0 Å². The molecule has 0 aliphatic carbocycles. The first kappa shape index (κ1) is 12.0. The number of likely N-dealkylation sites (tertiary alicyclic amines) is 1. The maximum atomic E-state index is 11.7. The molecule has 1 aliphatic rings. The van der Waals surface area contributed by atoms with Gasteiger partial charge in [0.25, 0.3) is 5.91 Å². The van der Waals surface area contributed by atoms with Crippen molar-refractivity contribution >= 4 is 5.91 Å². The van der Waals surface area contributed by atoms with E-state index in [9.17, 15) is 4.79 Å². The molecule has 2 rings (SSSR count).